The van der Waals surface area contributed by atoms with Crippen LogP contribution in [0.3, 0.4) is 0 Å². The van der Waals surface area contributed by atoms with Crippen LogP contribution in [-0.4, -0.2) is 36.6 Å². The summed E-state index contributed by atoms with van der Waals surface area (Å²) in [7, 11) is 1.58. The number of nitrogens with one attached hydrogen (secondary N) is 2. The number of hydrogen-bond donors (Lipinski definition) is 2. The van der Waals surface area contributed by atoms with E-state index in [2.05, 4.69) is 31.4 Å². The third kappa shape index (κ3) is 6.96. The van der Waals surface area contributed by atoms with E-state index in [1.807, 2.05) is 27.7 Å². The molecular formula is C20H38N2O3. The second kappa shape index (κ2) is 8.52. The van der Waals surface area contributed by atoms with Crippen molar-refractivity contribution in [2.45, 2.75) is 91.9 Å². The molecule has 1 aliphatic rings. The van der Waals surface area contributed by atoms with Crippen LogP contribution in [0.4, 0.5) is 0 Å². The molecule has 2 N–H and O–H groups in total. The van der Waals surface area contributed by atoms with Gasteiger partial charge in [0, 0.05) is 13.0 Å². The van der Waals surface area contributed by atoms with E-state index >= 15 is 0 Å². The largest absolute Gasteiger partial charge is 0.370 e. The number of carbonyl (C=O) groups excluding carboxylic acids is 2. The minimum atomic E-state index is -0.669. The van der Waals surface area contributed by atoms with Crippen molar-refractivity contribution in [3.63, 3.8) is 0 Å². The summed E-state index contributed by atoms with van der Waals surface area (Å²) in [5, 5.41) is 5.57. The van der Waals surface area contributed by atoms with Gasteiger partial charge in [-0.25, -0.2) is 0 Å². The van der Waals surface area contributed by atoms with Gasteiger partial charge in [0.05, 0.1) is 11.7 Å². The Bertz CT molecular complexity index is 455. The van der Waals surface area contributed by atoms with E-state index in [9.17, 15) is 9.59 Å². The molecule has 0 radical (unpaired) electrons. The molecule has 5 heteroatoms. The summed E-state index contributed by atoms with van der Waals surface area (Å²) in [5.74, 6) is 0.417. The summed E-state index contributed by atoms with van der Waals surface area (Å²) in [4.78, 5) is 24.9. The first kappa shape index (κ1) is 21.9. The molecule has 0 spiro atoms. The van der Waals surface area contributed by atoms with E-state index < -0.39 is 12.1 Å². The molecule has 5 nitrogen and oxygen atoms in total. The molecule has 1 fully saturated rings. The van der Waals surface area contributed by atoms with Crippen molar-refractivity contribution in [2.75, 3.05) is 7.05 Å². The van der Waals surface area contributed by atoms with Crippen LogP contribution in [0.25, 0.3) is 0 Å². The van der Waals surface area contributed by atoms with Gasteiger partial charge in [-0.3, -0.25) is 9.59 Å². The van der Waals surface area contributed by atoms with Gasteiger partial charge in [0.1, 0.15) is 6.04 Å². The van der Waals surface area contributed by atoms with E-state index in [1.165, 1.54) is 0 Å². The monoisotopic (exact) mass is 354 g/mol. The van der Waals surface area contributed by atoms with Crippen LogP contribution in [0.15, 0.2) is 0 Å². The van der Waals surface area contributed by atoms with Gasteiger partial charge in [-0.15, -0.1) is 0 Å². The lowest BCUT2D eigenvalue weighted by molar-refractivity contribution is -0.139. The zero-order chi connectivity index (χ0) is 19.4. The number of likely N-dealkylation sites (N-methyl/N-ethyl adjacent to an activating group) is 1. The maximum atomic E-state index is 12.7. The predicted molar refractivity (Wildman–Crippen MR) is 101 cm³/mol. The zero-order valence-corrected chi connectivity index (χ0v) is 17.4. The summed E-state index contributed by atoms with van der Waals surface area (Å²) in [6, 6.07) is -0.669. The van der Waals surface area contributed by atoms with Crippen LogP contribution in [-0.2, 0) is 14.3 Å². The third-order valence-corrected chi connectivity index (χ3v) is 5.16. The van der Waals surface area contributed by atoms with Crippen LogP contribution >= 0.6 is 0 Å². The van der Waals surface area contributed by atoms with Gasteiger partial charge >= 0.3 is 0 Å². The molecule has 2 amide bonds. The number of rotatable bonds is 5. The Morgan fingerprint density at radius 1 is 1.00 bits per heavy atom. The van der Waals surface area contributed by atoms with E-state index in [0.29, 0.717) is 11.3 Å². The van der Waals surface area contributed by atoms with Gasteiger partial charge in [0.15, 0.2) is 0 Å². The number of ether oxygens (including phenoxy) is 1. The molecular weight excluding hydrogens is 316 g/mol. The third-order valence-electron chi connectivity index (χ3n) is 5.16. The molecule has 1 rings (SSSR count). The van der Waals surface area contributed by atoms with E-state index in [1.54, 1.807) is 7.05 Å². The van der Waals surface area contributed by atoms with Gasteiger partial charge in [0.25, 0.3) is 0 Å². The molecule has 1 aliphatic carbocycles. The SMILES string of the molecule is CNC(=O)[C@@H](NC(=O)C1CCC(C(C)(C)C)CC1)[C@@H](C)OC(C)(C)C. The number of hydrogen-bond acceptors (Lipinski definition) is 3. The summed E-state index contributed by atoms with van der Waals surface area (Å²) in [6.45, 7) is 14.5. The fourth-order valence-corrected chi connectivity index (χ4v) is 3.67. The Morgan fingerprint density at radius 3 is 1.92 bits per heavy atom. The topological polar surface area (TPSA) is 67.4 Å². The fraction of sp³-hybridized carbons (Fsp3) is 0.900. The lowest BCUT2D eigenvalue weighted by atomic mass is 9.69. The maximum absolute atomic E-state index is 12.7. The molecule has 0 aliphatic heterocycles. The quantitative estimate of drug-likeness (QED) is 0.796. The Hall–Kier alpha value is -1.10. The average Bonchev–Trinajstić information content (AvgIpc) is 2.49. The molecule has 0 aromatic carbocycles. The molecule has 1 saturated carbocycles. The summed E-state index contributed by atoms with van der Waals surface area (Å²) >= 11 is 0. The summed E-state index contributed by atoms with van der Waals surface area (Å²) in [5.41, 5.74) is -0.0810. The van der Waals surface area contributed by atoms with E-state index in [4.69, 9.17) is 4.74 Å². The molecule has 0 aromatic rings. The molecule has 0 unspecified atom stereocenters. The van der Waals surface area contributed by atoms with Crippen molar-refractivity contribution in [1.82, 2.24) is 10.6 Å². The van der Waals surface area contributed by atoms with Crippen LogP contribution in [0.2, 0.25) is 0 Å². The average molecular weight is 355 g/mol. The molecule has 146 valence electrons. The predicted octanol–water partition coefficient (Wildman–Crippen LogP) is 3.27. The summed E-state index contributed by atoms with van der Waals surface area (Å²) in [6.07, 6.45) is 3.53. The Morgan fingerprint density at radius 2 is 1.52 bits per heavy atom. The fourth-order valence-electron chi connectivity index (χ4n) is 3.67. The Kier molecular flexibility index (Phi) is 7.48. The minimum absolute atomic E-state index is 0.00686. The van der Waals surface area contributed by atoms with Crippen molar-refractivity contribution >= 4 is 11.8 Å². The molecule has 0 saturated heterocycles. The highest BCUT2D eigenvalue weighted by Gasteiger charge is 2.35. The van der Waals surface area contributed by atoms with Crippen molar-refractivity contribution in [3.8, 4) is 0 Å². The van der Waals surface area contributed by atoms with Gasteiger partial charge in [-0.05, 0) is 64.7 Å². The molecule has 25 heavy (non-hydrogen) atoms. The Labute approximate surface area is 153 Å². The second-order valence-corrected chi connectivity index (χ2v) is 9.45. The van der Waals surface area contributed by atoms with Gasteiger partial charge < -0.3 is 15.4 Å². The molecule has 0 aromatic heterocycles. The number of carbonyl (C=O) groups is 2. The highest BCUT2D eigenvalue weighted by atomic mass is 16.5. The second-order valence-electron chi connectivity index (χ2n) is 9.45. The van der Waals surface area contributed by atoms with Gasteiger partial charge in [-0.2, -0.15) is 0 Å². The first-order valence-corrected chi connectivity index (χ1v) is 9.55. The maximum Gasteiger partial charge on any atom is 0.245 e. The molecule has 0 heterocycles. The zero-order valence-electron chi connectivity index (χ0n) is 17.4. The van der Waals surface area contributed by atoms with Crippen LogP contribution in [0.5, 0.6) is 0 Å². The number of amides is 2. The van der Waals surface area contributed by atoms with Crippen molar-refractivity contribution in [2.24, 2.45) is 17.3 Å². The van der Waals surface area contributed by atoms with Crippen molar-refractivity contribution < 1.29 is 14.3 Å². The molecule has 0 bridgehead atoms. The van der Waals surface area contributed by atoms with Crippen molar-refractivity contribution in [3.05, 3.63) is 0 Å². The van der Waals surface area contributed by atoms with Gasteiger partial charge in [0.2, 0.25) is 11.8 Å². The van der Waals surface area contributed by atoms with E-state index in [0.717, 1.165) is 25.7 Å². The minimum Gasteiger partial charge on any atom is -0.370 e. The normalized spacial score (nSPS) is 24.3. The molecule has 2 atom stereocenters. The first-order valence-electron chi connectivity index (χ1n) is 9.55. The summed E-state index contributed by atoms with van der Waals surface area (Å²) < 4.78 is 5.90. The van der Waals surface area contributed by atoms with Crippen LogP contribution in [0.1, 0.15) is 74.1 Å². The first-order chi connectivity index (χ1) is 11.3. The van der Waals surface area contributed by atoms with Crippen LogP contribution in [0, 0.1) is 17.3 Å². The van der Waals surface area contributed by atoms with Crippen molar-refractivity contribution in [1.29, 1.82) is 0 Å². The lowest BCUT2D eigenvalue weighted by Gasteiger charge is -2.37. The van der Waals surface area contributed by atoms with E-state index in [-0.39, 0.29) is 23.3 Å². The lowest BCUT2D eigenvalue weighted by Crippen LogP contribution is -2.55. The van der Waals surface area contributed by atoms with Gasteiger partial charge in [-0.1, -0.05) is 20.8 Å². The highest BCUT2D eigenvalue weighted by Crippen LogP contribution is 2.39. The highest BCUT2D eigenvalue weighted by molar-refractivity contribution is 5.88. The van der Waals surface area contributed by atoms with Crippen LogP contribution < -0.4 is 10.6 Å². The standard InChI is InChI=1S/C20H38N2O3/c1-13(25-20(5,6)7)16(18(24)21-8)22-17(23)14-9-11-15(12-10-14)19(2,3)4/h13-16H,9-12H2,1-8H3,(H,21,24)(H,22,23)/t13-,14?,15?,16+/m1/s1. The Balaban J connectivity index is 2.69. The smallest absolute Gasteiger partial charge is 0.245 e.